The van der Waals surface area contributed by atoms with Gasteiger partial charge in [-0.05, 0) is 56.8 Å². The molecule has 1 N–H and O–H groups in total. The van der Waals surface area contributed by atoms with Crippen LogP contribution in [0, 0.1) is 5.92 Å². The summed E-state index contributed by atoms with van der Waals surface area (Å²) < 4.78 is 0. The van der Waals surface area contributed by atoms with Gasteiger partial charge in [-0.1, -0.05) is 44.2 Å². The van der Waals surface area contributed by atoms with Gasteiger partial charge in [0, 0.05) is 12.6 Å². The second-order valence-electron chi connectivity index (χ2n) is 7.58. The monoisotopic (exact) mass is 332 g/mol. The number of benzene rings is 1. The molecule has 1 aliphatic rings. The number of aliphatic carboxylic acids is 1. The van der Waals surface area contributed by atoms with Crippen molar-refractivity contribution < 1.29 is 9.90 Å². The highest BCUT2D eigenvalue weighted by molar-refractivity contribution is 5.69. The minimum atomic E-state index is -0.735. The minimum absolute atomic E-state index is 0.144. The van der Waals surface area contributed by atoms with Crippen molar-refractivity contribution in [2.75, 3.05) is 33.2 Å². The number of carboxylic acids is 1. The zero-order valence-corrected chi connectivity index (χ0v) is 15.3. The molecule has 0 saturated carbocycles. The van der Waals surface area contributed by atoms with E-state index in [1.165, 1.54) is 12.0 Å². The molecule has 1 unspecified atom stereocenters. The van der Waals surface area contributed by atoms with E-state index >= 15 is 0 Å². The van der Waals surface area contributed by atoms with Crippen molar-refractivity contribution in [3.05, 3.63) is 35.9 Å². The Hall–Kier alpha value is -1.39. The Balaban J connectivity index is 1.89. The molecule has 4 heteroatoms. The fraction of sp³-hybridized carbons (Fsp3) is 0.650. The van der Waals surface area contributed by atoms with Crippen LogP contribution in [-0.4, -0.2) is 60.1 Å². The lowest BCUT2D eigenvalue weighted by Crippen LogP contribution is -2.45. The Bertz CT molecular complexity index is 496. The van der Waals surface area contributed by atoms with E-state index in [2.05, 4.69) is 49.1 Å². The molecule has 4 nitrogen and oxygen atoms in total. The second kappa shape index (κ2) is 9.19. The van der Waals surface area contributed by atoms with Crippen LogP contribution in [0.3, 0.4) is 0 Å². The summed E-state index contributed by atoms with van der Waals surface area (Å²) in [6.45, 7) is 7.97. The van der Waals surface area contributed by atoms with E-state index in [1.807, 2.05) is 11.9 Å². The van der Waals surface area contributed by atoms with Crippen molar-refractivity contribution in [1.29, 1.82) is 0 Å². The Morgan fingerprint density at radius 1 is 1.25 bits per heavy atom. The molecule has 0 aromatic heterocycles. The van der Waals surface area contributed by atoms with Gasteiger partial charge in [-0.15, -0.1) is 0 Å². The van der Waals surface area contributed by atoms with E-state index in [4.69, 9.17) is 5.11 Å². The summed E-state index contributed by atoms with van der Waals surface area (Å²) in [4.78, 5) is 15.4. The lowest BCUT2D eigenvalue weighted by molar-refractivity contribution is -0.138. The largest absolute Gasteiger partial charge is 0.480 e. The van der Waals surface area contributed by atoms with Crippen LogP contribution in [0.2, 0.25) is 0 Å². The van der Waals surface area contributed by atoms with Crippen molar-refractivity contribution in [3.8, 4) is 0 Å². The van der Waals surface area contributed by atoms with E-state index in [0.29, 0.717) is 17.9 Å². The van der Waals surface area contributed by atoms with Crippen LogP contribution in [0.4, 0.5) is 0 Å². The van der Waals surface area contributed by atoms with E-state index in [9.17, 15) is 4.79 Å². The summed E-state index contributed by atoms with van der Waals surface area (Å²) in [5, 5.41) is 8.94. The number of hydrogen-bond acceptors (Lipinski definition) is 3. The number of likely N-dealkylation sites (N-methyl/N-ethyl adjacent to an activating group) is 1. The van der Waals surface area contributed by atoms with Crippen molar-refractivity contribution >= 4 is 5.97 Å². The zero-order chi connectivity index (χ0) is 17.5. The maximum Gasteiger partial charge on any atom is 0.317 e. The molecule has 1 aromatic carbocycles. The average molecular weight is 332 g/mol. The van der Waals surface area contributed by atoms with Crippen molar-refractivity contribution in [2.45, 2.75) is 45.1 Å². The van der Waals surface area contributed by atoms with E-state index < -0.39 is 5.97 Å². The van der Waals surface area contributed by atoms with Gasteiger partial charge in [-0.25, -0.2) is 0 Å². The van der Waals surface area contributed by atoms with E-state index in [-0.39, 0.29) is 6.54 Å². The smallest absolute Gasteiger partial charge is 0.317 e. The number of carboxylic acid groups (broad SMARTS) is 1. The molecule has 1 heterocycles. The van der Waals surface area contributed by atoms with Crippen molar-refractivity contribution in [2.24, 2.45) is 5.92 Å². The van der Waals surface area contributed by atoms with Crippen LogP contribution in [0.25, 0.3) is 0 Å². The van der Waals surface area contributed by atoms with Crippen molar-refractivity contribution in [3.63, 3.8) is 0 Å². The third-order valence-electron chi connectivity index (χ3n) is 5.07. The fourth-order valence-electron chi connectivity index (χ4n) is 3.81. The maximum absolute atomic E-state index is 10.9. The van der Waals surface area contributed by atoms with Gasteiger partial charge in [-0.3, -0.25) is 9.69 Å². The van der Waals surface area contributed by atoms with Gasteiger partial charge in [0.2, 0.25) is 0 Å². The lowest BCUT2D eigenvalue weighted by Gasteiger charge is -2.38. The van der Waals surface area contributed by atoms with Gasteiger partial charge < -0.3 is 10.0 Å². The molecule has 134 valence electrons. The maximum atomic E-state index is 10.9. The molecule has 2 rings (SSSR count). The Labute approximate surface area is 146 Å². The molecule has 1 aliphatic heterocycles. The molecular weight excluding hydrogens is 300 g/mol. The molecule has 24 heavy (non-hydrogen) atoms. The Morgan fingerprint density at radius 2 is 1.88 bits per heavy atom. The highest BCUT2D eigenvalue weighted by Gasteiger charge is 2.25. The van der Waals surface area contributed by atoms with Crippen LogP contribution in [0.5, 0.6) is 0 Å². The molecular formula is C20H32N2O2. The van der Waals surface area contributed by atoms with E-state index in [1.54, 1.807) is 0 Å². The number of rotatable bonds is 8. The predicted octanol–water partition coefficient (Wildman–Crippen LogP) is 3.30. The molecule has 0 spiro atoms. The molecule has 0 radical (unpaired) electrons. The summed E-state index contributed by atoms with van der Waals surface area (Å²) in [5.74, 6) is 0.537. The van der Waals surface area contributed by atoms with E-state index in [0.717, 1.165) is 32.5 Å². The minimum Gasteiger partial charge on any atom is -0.480 e. The number of carbonyl (C=O) groups is 1. The third-order valence-corrected chi connectivity index (χ3v) is 5.07. The molecule has 0 amide bonds. The first kappa shape index (κ1) is 18.9. The van der Waals surface area contributed by atoms with Gasteiger partial charge in [0.15, 0.2) is 0 Å². The summed E-state index contributed by atoms with van der Waals surface area (Å²) in [6, 6.07) is 11.3. The molecule has 0 aliphatic carbocycles. The number of hydrogen-bond donors (Lipinski definition) is 1. The Kier molecular flexibility index (Phi) is 7.25. The first-order valence-electron chi connectivity index (χ1n) is 9.15. The van der Waals surface area contributed by atoms with Crippen LogP contribution < -0.4 is 0 Å². The van der Waals surface area contributed by atoms with Gasteiger partial charge >= 0.3 is 5.97 Å². The molecule has 1 aromatic rings. The summed E-state index contributed by atoms with van der Waals surface area (Å²) >= 11 is 0. The fourth-order valence-corrected chi connectivity index (χ4v) is 3.81. The molecule has 1 fully saturated rings. The third kappa shape index (κ3) is 5.91. The van der Waals surface area contributed by atoms with Crippen LogP contribution in [0.1, 0.15) is 44.6 Å². The van der Waals surface area contributed by atoms with Gasteiger partial charge in [0.25, 0.3) is 0 Å². The van der Waals surface area contributed by atoms with Crippen LogP contribution >= 0.6 is 0 Å². The quantitative estimate of drug-likeness (QED) is 0.793. The SMILES string of the molecule is CC(C)CC(CN1CCC(N(C)CC(=O)O)CC1)c1ccccc1. The number of likely N-dealkylation sites (tertiary alicyclic amines) is 1. The Morgan fingerprint density at radius 3 is 2.42 bits per heavy atom. The summed E-state index contributed by atoms with van der Waals surface area (Å²) in [6.07, 6.45) is 3.34. The molecule has 1 atom stereocenters. The lowest BCUT2D eigenvalue weighted by atomic mass is 9.89. The molecule has 1 saturated heterocycles. The zero-order valence-electron chi connectivity index (χ0n) is 15.3. The number of piperidine rings is 1. The van der Waals surface area contributed by atoms with Gasteiger partial charge in [0.1, 0.15) is 0 Å². The van der Waals surface area contributed by atoms with Gasteiger partial charge in [0.05, 0.1) is 6.54 Å². The van der Waals surface area contributed by atoms with Gasteiger partial charge in [-0.2, -0.15) is 0 Å². The average Bonchev–Trinajstić information content (AvgIpc) is 2.54. The predicted molar refractivity (Wildman–Crippen MR) is 98.4 cm³/mol. The normalized spacial score (nSPS) is 18.2. The first-order chi connectivity index (χ1) is 11.5. The summed E-state index contributed by atoms with van der Waals surface area (Å²) in [7, 11) is 1.93. The highest BCUT2D eigenvalue weighted by Crippen LogP contribution is 2.26. The standard InChI is InChI=1S/C20H32N2O2/c1-16(2)13-18(17-7-5-4-6-8-17)14-22-11-9-19(10-12-22)21(3)15-20(23)24/h4-8,16,18-19H,9-15H2,1-3H3,(H,23,24). The molecule has 0 bridgehead atoms. The number of nitrogens with zero attached hydrogens (tertiary/aromatic N) is 2. The summed E-state index contributed by atoms with van der Waals surface area (Å²) in [5.41, 5.74) is 1.44. The van der Waals surface area contributed by atoms with Crippen LogP contribution in [0.15, 0.2) is 30.3 Å². The van der Waals surface area contributed by atoms with Crippen molar-refractivity contribution in [1.82, 2.24) is 9.80 Å². The second-order valence-corrected chi connectivity index (χ2v) is 7.58. The highest BCUT2D eigenvalue weighted by atomic mass is 16.4. The van der Waals surface area contributed by atoms with Crippen LogP contribution in [-0.2, 0) is 4.79 Å². The topological polar surface area (TPSA) is 43.8 Å². The first-order valence-corrected chi connectivity index (χ1v) is 9.15.